The fourth-order valence-corrected chi connectivity index (χ4v) is 2.58. The van der Waals surface area contributed by atoms with Crippen LogP contribution in [0.1, 0.15) is 41.0 Å². The van der Waals surface area contributed by atoms with E-state index >= 15 is 0 Å². The van der Waals surface area contributed by atoms with Gasteiger partial charge in [-0.05, 0) is 29.4 Å². The summed E-state index contributed by atoms with van der Waals surface area (Å²) in [5.74, 6) is 0.749. The van der Waals surface area contributed by atoms with Crippen LogP contribution in [-0.2, 0) is 0 Å². The molecule has 2 atom stereocenters. The summed E-state index contributed by atoms with van der Waals surface area (Å²) < 4.78 is 14.1. The molecule has 0 spiro atoms. The smallest absolute Gasteiger partial charge is 0.104 e. The first-order valence-electron chi connectivity index (χ1n) is 6.12. The standard InChI is InChI=1S/C15H23F/c1-7-13(16)14-11(4)8-9-12(5)15(14,6)10(2)3/h8-10,12H,4,7H2,1-3,5-6H3/b14-13+. The lowest BCUT2D eigenvalue weighted by Crippen LogP contribution is -2.35. The maximum absolute atomic E-state index is 14.1. The molecule has 1 rings (SSSR count). The lowest BCUT2D eigenvalue weighted by atomic mass is 9.60. The fourth-order valence-electron chi connectivity index (χ4n) is 2.58. The van der Waals surface area contributed by atoms with Crippen molar-refractivity contribution < 1.29 is 4.39 Å². The van der Waals surface area contributed by atoms with Crippen LogP contribution in [0.2, 0.25) is 0 Å². The maximum Gasteiger partial charge on any atom is 0.104 e. The largest absolute Gasteiger partial charge is 0.211 e. The van der Waals surface area contributed by atoms with Crippen LogP contribution in [0, 0.1) is 17.3 Å². The van der Waals surface area contributed by atoms with Gasteiger partial charge in [0.2, 0.25) is 0 Å². The molecular weight excluding hydrogens is 199 g/mol. The summed E-state index contributed by atoms with van der Waals surface area (Å²) in [6.45, 7) is 14.5. The van der Waals surface area contributed by atoms with Crippen molar-refractivity contribution in [2.75, 3.05) is 0 Å². The molecule has 16 heavy (non-hydrogen) atoms. The average Bonchev–Trinajstić information content (AvgIpc) is 2.23. The van der Waals surface area contributed by atoms with Crippen molar-refractivity contribution in [3.05, 3.63) is 35.7 Å². The number of halogens is 1. The van der Waals surface area contributed by atoms with Crippen molar-refractivity contribution >= 4 is 0 Å². The van der Waals surface area contributed by atoms with Crippen molar-refractivity contribution in [3.8, 4) is 0 Å². The second-order valence-corrected chi connectivity index (χ2v) is 5.24. The number of rotatable bonds is 2. The summed E-state index contributed by atoms with van der Waals surface area (Å²) >= 11 is 0. The maximum atomic E-state index is 14.1. The molecule has 0 N–H and O–H groups in total. The van der Waals surface area contributed by atoms with E-state index < -0.39 is 0 Å². The Kier molecular flexibility index (Phi) is 3.77. The third-order valence-corrected chi connectivity index (χ3v) is 4.17. The molecular formula is C15H23F. The van der Waals surface area contributed by atoms with Gasteiger partial charge in [0, 0.05) is 5.41 Å². The van der Waals surface area contributed by atoms with E-state index in [4.69, 9.17) is 0 Å². The van der Waals surface area contributed by atoms with Crippen LogP contribution < -0.4 is 0 Å². The first-order valence-corrected chi connectivity index (χ1v) is 6.12. The first kappa shape index (κ1) is 13.2. The summed E-state index contributed by atoms with van der Waals surface area (Å²) in [5, 5.41) is 0. The Labute approximate surface area is 98.9 Å². The Morgan fingerprint density at radius 2 is 2.12 bits per heavy atom. The highest BCUT2D eigenvalue weighted by atomic mass is 19.1. The molecule has 0 nitrogen and oxygen atoms in total. The van der Waals surface area contributed by atoms with Crippen molar-refractivity contribution in [1.82, 2.24) is 0 Å². The van der Waals surface area contributed by atoms with E-state index in [2.05, 4.69) is 40.3 Å². The Hall–Kier alpha value is -0.850. The van der Waals surface area contributed by atoms with Gasteiger partial charge < -0.3 is 0 Å². The zero-order valence-corrected chi connectivity index (χ0v) is 11.1. The third-order valence-electron chi connectivity index (χ3n) is 4.17. The first-order chi connectivity index (χ1) is 7.35. The van der Waals surface area contributed by atoms with E-state index in [9.17, 15) is 4.39 Å². The van der Waals surface area contributed by atoms with Gasteiger partial charge in [0.15, 0.2) is 0 Å². The minimum absolute atomic E-state index is 0.00241. The Morgan fingerprint density at radius 1 is 1.56 bits per heavy atom. The van der Waals surface area contributed by atoms with Gasteiger partial charge >= 0.3 is 0 Å². The summed E-state index contributed by atoms with van der Waals surface area (Å²) in [5.41, 5.74) is 1.54. The van der Waals surface area contributed by atoms with Gasteiger partial charge in [-0.2, -0.15) is 0 Å². The molecule has 0 bridgehead atoms. The van der Waals surface area contributed by atoms with Crippen LogP contribution in [0.3, 0.4) is 0 Å². The molecule has 0 aromatic carbocycles. The normalized spacial score (nSPS) is 33.4. The van der Waals surface area contributed by atoms with Crippen LogP contribution in [0.25, 0.3) is 0 Å². The number of hydrogen-bond acceptors (Lipinski definition) is 0. The SMILES string of the molecule is C=C1C=CC(C)C(C)(C(C)C)/C1=C(/F)CC. The molecule has 0 aromatic rings. The quantitative estimate of drug-likeness (QED) is 0.613. The average molecular weight is 222 g/mol. The molecule has 0 saturated carbocycles. The molecule has 0 heterocycles. The van der Waals surface area contributed by atoms with E-state index in [-0.39, 0.29) is 11.2 Å². The molecule has 1 heteroatoms. The minimum atomic E-state index is -0.133. The van der Waals surface area contributed by atoms with E-state index in [1.54, 1.807) is 0 Å². The highest BCUT2D eigenvalue weighted by Gasteiger charge is 2.41. The second-order valence-electron chi connectivity index (χ2n) is 5.24. The van der Waals surface area contributed by atoms with E-state index in [0.29, 0.717) is 18.3 Å². The predicted molar refractivity (Wildman–Crippen MR) is 68.8 cm³/mol. The Balaban J connectivity index is 3.41. The van der Waals surface area contributed by atoms with Gasteiger partial charge in [0.1, 0.15) is 5.83 Å². The van der Waals surface area contributed by atoms with Gasteiger partial charge in [0.05, 0.1) is 0 Å². The van der Waals surface area contributed by atoms with Gasteiger partial charge in [-0.25, -0.2) is 4.39 Å². The van der Waals surface area contributed by atoms with Crippen molar-refractivity contribution in [2.45, 2.75) is 41.0 Å². The summed E-state index contributed by atoms with van der Waals surface area (Å²) in [6.07, 6.45) is 4.56. The van der Waals surface area contributed by atoms with Crippen molar-refractivity contribution in [2.24, 2.45) is 17.3 Å². The molecule has 0 saturated heterocycles. The Bertz CT molecular complexity index is 346. The number of allylic oxidation sites excluding steroid dienone is 5. The topological polar surface area (TPSA) is 0 Å². The highest BCUT2D eigenvalue weighted by Crippen LogP contribution is 2.50. The molecule has 90 valence electrons. The molecule has 0 radical (unpaired) electrons. The minimum Gasteiger partial charge on any atom is -0.211 e. The fraction of sp³-hybridized carbons (Fsp3) is 0.600. The molecule has 0 aromatic heterocycles. The van der Waals surface area contributed by atoms with Gasteiger partial charge in [-0.3, -0.25) is 0 Å². The summed E-state index contributed by atoms with van der Waals surface area (Å²) in [6, 6.07) is 0. The molecule has 1 aliphatic rings. The van der Waals surface area contributed by atoms with Gasteiger partial charge in [-0.15, -0.1) is 0 Å². The van der Waals surface area contributed by atoms with Crippen LogP contribution in [0.4, 0.5) is 4.39 Å². The van der Waals surface area contributed by atoms with E-state index in [0.717, 1.165) is 11.1 Å². The monoisotopic (exact) mass is 222 g/mol. The Morgan fingerprint density at radius 3 is 2.56 bits per heavy atom. The molecule has 0 amide bonds. The van der Waals surface area contributed by atoms with Crippen molar-refractivity contribution in [1.29, 1.82) is 0 Å². The summed E-state index contributed by atoms with van der Waals surface area (Å²) in [7, 11) is 0. The van der Waals surface area contributed by atoms with Crippen molar-refractivity contribution in [3.63, 3.8) is 0 Å². The third kappa shape index (κ3) is 1.88. The zero-order valence-electron chi connectivity index (χ0n) is 11.1. The highest BCUT2D eigenvalue weighted by molar-refractivity contribution is 5.48. The van der Waals surface area contributed by atoms with Crippen LogP contribution in [-0.4, -0.2) is 0 Å². The summed E-state index contributed by atoms with van der Waals surface area (Å²) in [4.78, 5) is 0. The molecule has 1 aliphatic carbocycles. The predicted octanol–water partition coefficient (Wildman–Crippen LogP) is 5.04. The van der Waals surface area contributed by atoms with E-state index in [1.165, 1.54) is 0 Å². The van der Waals surface area contributed by atoms with Crippen LogP contribution in [0.15, 0.2) is 35.7 Å². The second kappa shape index (κ2) is 4.57. The molecule has 0 aliphatic heterocycles. The zero-order chi connectivity index (χ0) is 12.5. The van der Waals surface area contributed by atoms with Gasteiger partial charge in [-0.1, -0.05) is 53.3 Å². The van der Waals surface area contributed by atoms with Gasteiger partial charge in [0.25, 0.3) is 0 Å². The van der Waals surface area contributed by atoms with Crippen LogP contribution in [0.5, 0.6) is 0 Å². The molecule has 0 fully saturated rings. The van der Waals surface area contributed by atoms with Crippen LogP contribution >= 0.6 is 0 Å². The lowest BCUT2D eigenvalue weighted by Gasteiger charge is -2.43. The number of hydrogen-bond donors (Lipinski definition) is 0. The van der Waals surface area contributed by atoms with E-state index in [1.807, 2.05) is 13.0 Å². The molecule has 2 unspecified atom stereocenters. The lowest BCUT2D eigenvalue weighted by molar-refractivity contribution is 0.202.